The molecule has 1 aliphatic heterocycles. The SMILES string of the molecule is COC(=O)c1cccc(N2CC(Oc3cc(F)c(Oc4ccccc4)c(F)c3)C2)c1-n1cccc1. The van der Waals surface area contributed by atoms with E-state index >= 15 is 0 Å². The Morgan fingerprint density at radius 3 is 2.23 bits per heavy atom. The number of esters is 1. The summed E-state index contributed by atoms with van der Waals surface area (Å²) >= 11 is 0. The molecule has 0 spiro atoms. The number of methoxy groups -OCH3 is 1. The Morgan fingerprint density at radius 2 is 1.57 bits per heavy atom. The fraction of sp³-hybridized carbons (Fsp3) is 0.148. The highest BCUT2D eigenvalue weighted by Gasteiger charge is 2.32. The topological polar surface area (TPSA) is 52.9 Å². The second kappa shape index (κ2) is 9.50. The van der Waals surface area contributed by atoms with E-state index in [2.05, 4.69) is 0 Å². The van der Waals surface area contributed by atoms with Gasteiger partial charge in [0.1, 0.15) is 17.6 Å². The van der Waals surface area contributed by atoms with E-state index in [1.165, 1.54) is 7.11 Å². The molecule has 35 heavy (non-hydrogen) atoms. The highest BCUT2D eigenvalue weighted by atomic mass is 19.1. The van der Waals surface area contributed by atoms with Crippen molar-refractivity contribution in [1.29, 1.82) is 0 Å². The maximum atomic E-state index is 14.6. The molecule has 0 unspecified atom stereocenters. The summed E-state index contributed by atoms with van der Waals surface area (Å²) < 4.78 is 47.1. The van der Waals surface area contributed by atoms with Crippen LogP contribution in [0, 0.1) is 11.6 Å². The average molecular weight is 476 g/mol. The van der Waals surface area contributed by atoms with Crippen LogP contribution in [0.5, 0.6) is 17.2 Å². The molecule has 4 aromatic rings. The van der Waals surface area contributed by atoms with E-state index in [4.69, 9.17) is 14.2 Å². The molecule has 0 N–H and O–H groups in total. The van der Waals surface area contributed by atoms with Gasteiger partial charge in [0.15, 0.2) is 17.4 Å². The number of halogens is 2. The van der Waals surface area contributed by atoms with Crippen molar-refractivity contribution in [3.05, 3.63) is 102 Å². The van der Waals surface area contributed by atoms with Gasteiger partial charge in [-0.05, 0) is 36.4 Å². The second-order valence-electron chi connectivity index (χ2n) is 8.03. The van der Waals surface area contributed by atoms with Crippen molar-refractivity contribution in [3.63, 3.8) is 0 Å². The number of carbonyl (C=O) groups is 1. The van der Waals surface area contributed by atoms with Gasteiger partial charge >= 0.3 is 5.97 Å². The summed E-state index contributed by atoms with van der Waals surface area (Å²) in [6.07, 6.45) is 3.42. The van der Waals surface area contributed by atoms with Crippen LogP contribution in [0.15, 0.2) is 85.2 Å². The van der Waals surface area contributed by atoms with E-state index in [-0.39, 0.29) is 11.9 Å². The molecule has 3 aromatic carbocycles. The van der Waals surface area contributed by atoms with Gasteiger partial charge in [0.2, 0.25) is 0 Å². The molecule has 1 aromatic heterocycles. The van der Waals surface area contributed by atoms with Crippen molar-refractivity contribution in [2.45, 2.75) is 6.10 Å². The largest absolute Gasteiger partial charge is 0.487 e. The number of hydrogen-bond acceptors (Lipinski definition) is 5. The van der Waals surface area contributed by atoms with Gasteiger partial charge in [-0.25, -0.2) is 13.6 Å². The predicted molar refractivity (Wildman–Crippen MR) is 127 cm³/mol. The van der Waals surface area contributed by atoms with Crippen LogP contribution in [0.2, 0.25) is 0 Å². The Kier molecular flexibility index (Phi) is 6.10. The van der Waals surface area contributed by atoms with Crippen molar-refractivity contribution < 1.29 is 27.8 Å². The van der Waals surface area contributed by atoms with Crippen molar-refractivity contribution in [2.24, 2.45) is 0 Å². The smallest absolute Gasteiger partial charge is 0.340 e. The number of benzene rings is 3. The molecule has 0 atom stereocenters. The average Bonchev–Trinajstić information content (AvgIpc) is 3.38. The molecule has 5 rings (SSSR count). The summed E-state index contributed by atoms with van der Waals surface area (Å²) in [4.78, 5) is 14.4. The Morgan fingerprint density at radius 1 is 0.886 bits per heavy atom. The van der Waals surface area contributed by atoms with E-state index < -0.39 is 23.4 Å². The quantitative estimate of drug-likeness (QED) is 0.325. The summed E-state index contributed by atoms with van der Waals surface area (Å²) in [5.41, 5.74) is 1.96. The number of rotatable bonds is 7. The molecule has 6 nitrogen and oxygen atoms in total. The Hall–Kier alpha value is -4.33. The number of hydrogen-bond donors (Lipinski definition) is 0. The van der Waals surface area contributed by atoms with Crippen LogP contribution in [0.4, 0.5) is 14.5 Å². The van der Waals surface area contributed by atoms with E-state index in [0.717, 1.165) is 17.8 Å². The van der Waals surface area contributed by atoms with Gasteiger partial charge < -0.3 is 23.7 Å². The van der Waals surface area contributed by atoms with Gasteiger partial charge in [-0.15, -0.1) is 0 Å². The number of carbonyl (C=O) groups excluding carboxylic acids is 1. The summed E-state index contributed by atoms with van der Waals surface area (Å²) in [6, 6.07) is 19.8. The minimum Gasteiger partial charge on any atom is -0.487 e. The highest BCUT2D eigenvalue weighted by Crippen LogP contribution is 2.35. The van der Waals surface area contributed by atoms with Crippen molar-refractivity contribution in [3.8, 4) is 22.9 Å². The fourth-order valence-electron chi connectivity index (χ4n) is 4.03. The zero-order valence-corrected chi connectivity index (χ0v) is 18.9. The van der Waals surface area contributed by atoms with Crippen molar-refractivity contribution in [2.75, 3.05) is 25.1 Å². The number of ether oxygens (including phenoxy) is 3. The number of nitrogens with zero attached hydrogens (tertiary/aromatic N) is 2. The summed E-state index contributed by atoms with van der Waals surface area (Å²) in [5.74, 6) is -2.19. The molecule has 0 aliphatic carbocycles. The van der Waals surface area contributed by atoms with Crippen LogP contribution in [0.25, 0.3) is 5.69 Å². The normalized spacial score (nSPS) is 13.3. The third kappa shape index (κ3) is 4.55. The lowest BCUT2D eigenvalue weighted by atomic mass is 10.1. The van der Waals surface area contributed by atoms with Gasteiger partial charge in [-0.1, -0.05) is 24.3 Å². The Labute approximate surface area is 200 Å². The summed E-state index contributed by atoms with van der Waals surface area (Å²) in [6.45, 7) is 0.953. The Balaban J connectivity index is 1.31. The molecule has 0 amide bonds. The zero-order valence-electron chi connectivity index (χ0n) is 18.9. The molecule has 0 saturated carbocycles. The molecule has 0 radical (unpaired) electrons. The molecule has 8 heteroatoms. The van der Waals surface area contributed by atoms with Gasteiger partial charge in [-0.3, -0.25) is 0 Å². The number of para-hydroxylation sites is 2. The molecule has 1 fully saturated rings. The first-order valence-electron chi connectivity index (χ1n) is 11.0. The van der Waals surface area contributed by atoms with Gasteiger partial charge in [0, 0.05) is 24.5 Å². The van der Waals surface area contributed by atoms with E-state index in [0.29, 0.717) is 30.1 Å². The van der Waals surface area contributed by atoms with Crippen LogP contribution in [0.1, 0.15) is 10.4 Å². The van der Waals surface area contributed by atoms with Crippen LogP contribution in [0.3, 0.4) is 0 Å². The molecular weight excluding hydrogens is 454 g/mol. The van der Waals surface area contributed by atoms with Crippen LogP contribution in [-0.2, 0) is 4.74 Å². The molecule has 1 saturated heterocycles. The fourth-order valence-corrected chi connectivity index (χ4v) is 4.03. The number of aromatic nitrogens is 1. The predicted octanol–water partition coefficient (Wildman–Crippen LogP) is 5.60. The lowest BCUT2D eigenvalue weighted by molar-refractivity contribution is 0.0600. The lowest BCUT2D eigenvalue weighted by Crippen LogP contribution is -2.54. The first-order chi connectivity index (χ1) is 17.0. The maximum absolute atomic E-state index is 14.6. The van der Waals surface area contributed by atoms with Crippen LogP contribution in [-0.4, -0.2) is 36.8 Å². The summed E-state index contributed by atoms with van der Waals surface area (Å²) in [5, 5.41) is 0. The van der Waals surface area contributed by atoms with Crippen LogP contribution >= 0.6 is 0 Å². The van der Waals surface area contributed by atoms with E-state index in [1.807, 2.05) is 40.1 Å². The maximum Gasteiger partial charge on any atom is 0.340 e. The summed E-state index contributed by atoms with van der Waals surface area (Å²) in [7, 11) is 1.34. The molecule has 0 bridgehead atoms. The standard InChI is InChI=1S/C27H22F2N2O4/c1-33-27(32)21-10-7-11-24(25(21)30-12-5-6-13-30)31-16-20(17-31)34-19-14-22(28)26(23(29)15-19)35-18-8-3-2-4-9-18/h2-15,20H,16-17H2,1H3. The third-order valence-electron chi connectivity index (χ3n) is 5.71. The van der Waals surface area contributed by atoms with Gasteiger partial charge in [0.25, 0.3) is 0 Å². The second-order valence-corrected chi connectivity index (χ2v) is 8.03. The minimum absolute atomic E-state index is 0.0824. The van der Waals surface area contributed by atoms with E-state index in [9.17, 15) is 13.6 Å². The van der Waals surface area contributed by atoms with Crippen molar-refractivity contribution >= 4 is 11.7 Å². The first-order valence-corrected chi connectivity index (χ1v) is 11.0. The highest BCUT2D eigenvalue weighted by molar-refractivity contribution is 5.96. The zero-order chi connectivity index (χ0) is 24.4. The van der Waals surface area contributed by atoms with E-state index in [1.54, 1.807) is 42.5 Å². The molecular formula is C27H22F2N2O4. The lowest BCUT2D eigenvalue weighted by Gasteiger charge is -2.41. The van der Waals surface area contributed by atoms with Crippen LogP contribution < -0.4 is 14.4 Å². The van der Waals surface area contributed by atoms with Crippen molar-refractivity contribution in [1.82, 2.24) is 4.57 Å². The molecule has 1 aliphatic rings. The first kappa shape index (κ1) is 22.5. The molecule has 178 valence electrons. The monoisotopic (exact) mass is 476 g/mol. The Bertz CT molecular complexity index is 1310. The van der Waals surface area contributed by atoms with Gasteiger partial charge in [-0.2, -0.15) is 0 Å². The number of anilines is 1. The third-order valence-corrected chi connectivity index (χ3v) is 5.71. The van der Waals surface area contributed by atoms with Gasteiger partial charge in [0.05, 0.1) is 37.1 Å². The molecule has 2 heterocycles. The minimum atomic E-state index is -0.847.